The van der Waals surface area contributed by atoms with Crippen LogP contribution in [0.5, 0.6) is 0 Å². The zero-order valence-electron chi connectivity index (χ0n) is 13.2. The molecule has 122 valence electrons. The molecule has 5 heteroatoms. The van der Waals surface area contributed by atoms with E-state index in [4.69, 9.17) is 11.6 Å². The first-order valence-corrected chi connectivity index (χ1v) is 9.05. The van der Waals surface area contributed by atoms with Crippen LogP contribution in [0.2, 0.25) is 5.02 Å². The van der Waals surface area contributed by atoms with Gasteiger partial charge in [0.2, 0.25) is 0 Å². The molecule has 1 aliphatic rings. The molecule has 0 radical (unpaired) electrons. The topological polar surface area (TPSA) is 36.1 Å². The van der Waals surface area contributed by atoms with Crippen molar-refractivity contribution in [2.75, 3.05) is 6.54 Å². The number of aromatic nitrogens is 1. The molecule has 1 aliphatic heterocycles. The van der Waals surface area contributed by atoms with Gasteiger partial charge in [0.15, 0.2) is 0 Å². The number of amides is 1. The molecule has 0 unspecified atom stereocenters. The minimum Gasteiger partial charge on any atom is -0.357 e. The van der Waals surface area contributed by atoms with Crippen LogP contribution in [-0.2, 0) is 13.0 Å². The van der Waals surface area contributed by atoms with Crippen molar-refractivity contribution in [3.63, 3.8) is 0 Å². The molecule has 1 amide bonds. The second kappa shape index (κ2) is 5.94. The predicted octanol–water partition coefficient (Wildman–Crippen LogP) is 5.09. The van der Waals surface area contributed by atoms with E-state index >= 15 is 0 Å². The van der Waals surface area contributed by atoms with Crippen molar-refractivity contribution in [3.05, 3.63) is 68.3 Å². The van der Waals surface area contributed by atoms with Crippen molar-refractivity contribution in [2.24, 2.45) is 0 Å². The van der Waals surface area contributed by atoms with Gasteiger partial charge in [0.1, 0.15) is 0 Å². The number of aryl methyl sites for hydroxylation is 1. The van der Waals surface area contributed by atoms with Crippen molar-refractivity contribution in [1.29, 1.82) is 0 Å². The van der Waals surface area contributed by atoms with Crippen molar-refractivity contribution in [2.45, 2.75) is 19.9 Å². The highest BCUT2D eigenvalue weighted by Gasteiger charge is 2.26. The van der Waals surface area contributed by atoms with Gasteiger partial charge in [-0.05, 0) is 40.5 Å². The predicted molar refractivity (Wildman–Crippen MR) is 101 cm³/mol. The first kappa shape index (κ1) is 15.7. The van der Waals surface area contributed by atoms with Gasteiger partial charge in [-0.25, -0.2) is 0 Å². The Hall–Kier alpha value is -1.78. The number of rotatable bonds is 1. The summed E-state index contributed by atoms with van der Waals surface area (Å²) >= 11 is 9.84. The van der Waals surface area contributed by atoms with Crippen LogP contribution in [0.25, 0.3) is 10.9 Å². The summed E-state index contributed by atoms with van der Waals surface area (Å²) in [6.07, 6.45) is 0.815. The minimum absolute atomic E-state index is 0.0626. The summed E-state index contributed by atoms with van der Waals surface area (Å²) in [6.45, 7) is 3.31. The monoisotopic (exact) mass is 402 g/mol. The summed E-state index contributed by atoms with van der Waals surface area (Å²) in [4.78, 5) is 18.3. The maximum atomic E-state index is 13.0. The number of carbonyl (C=O) groups excluding carboxylic acids is 1. The third-order valence-corrected chi connectivity index (χ3v) is 6.04. The number of nitrogens with one attached hydrogen (secondary N) is 1. The molecule has 0 fully saturated rings. The highest BCUT2D eigenvalue weighted by atomic mass is 79.9. The van der Waals surface area contributed by atoms with Gasteiger partial charge >= 0.3 is 0 Å². The Kier molecular flexibility index (Phi) is 3.89. The average molecular weight is 404 g/mol. The van der Waals surface area contributed by atoms with Crippen LogP contribution in [0.15, 0.2) is 40.9 Å². The largest absolute Gasteiger partial charge is 0.357 e. The van der Waals surface area contributed by atoms with Crippen LogP contribution in [0.4, 0.5) is 0 Å². The minimum atomic E-state index is 0.0626. The quantitative estimate of drug-likeness (QED) is 0.603. The highest BCUT2D eigenvalue weighted by Crippen LogP contribution is 2.32. The summed E-state index contributed by atoms with van der Waals surface area (Å²) < 4.78 is 0.878. The number of halogens is 2. The molecule has 0 saturated carbocycles. The van der Waals surface area contributed by atoms with Crippen molar-refractivity contribution in [3.8, 4) is 0 Å². The third kappa shape index (κ3) is 2.45. The molecule has 2 aromatic carbocycles. The second-order valence-electron chi connectivity index (χ2n) is 6.16. The maximum Gasteiger partial charge on any atom is 0.255 e. The molecule has 4 rings (SSSR count). The van der Waals surface area contributed by atoms with Gasteiger partial charge in [-0.3, -0.25) is 4.79 Å². The van der Waals surface area contributed by atoms with E-state index in [2.05, 4.69) is 27.0 Å². The first-order valence-electron chi connectivity index (χ1n) is 7.88. The fourth-order valence-corrected chi connectivity index (χ4v) is 4.01. The van der Waals surface area contributed by atoms with Crippen molar-refractivity contribution >= 4 is 44.3 Å². The lowest BCUT2D eigenvalue weighted by Crippen LogP contribution is -2.36. The molecule has 2 heterocycles. The smallest absolute Gasteiger partial charge is 0.255 e. The van der Waals surface area contributed by atoms with E-state index in [1.807, 2.05) is 42.2 Å². The van der Waals surface area contributed by atoms with Gasteiger partial charge in [-0.2, -0.15) is 0 Å². The lowest BCUT2D eigenvalue weighted by Gasteiger charge is -2.28. The van der Waals surface area contributed by atoms with E-state index < -0.39 is 0 Å². The molecular formula is C19H16BrClN2O. The highest BCUT2D eigenvalue weighted by molar-refractivity contribution is 9.10. The Morgan fingerprint density at radius 3 is 2.88 bits per heavy atom. The summed E-state index contributed by atoms with van der Waals surface area (Å²) in [7, 11) is 0. The number of carbonyl (C=O) groups is 1. The summed E-state index contributed by atoms with van der Waals surface area (Å²) in [5.74, 6) is 0.0626. The van der Waals surface area contributed by atoms with Crippen LogP contribution >= 0.6 is 27.5 Å². The Morgan fingerprint density at radius 2 is 2.04 bits per heavy atom. The van der Waals surface area contributed by atoms with E-state index in [0.717, 1.165) is 37.9 Å². The number of hydrogen-bond donors (Lipinski definition) is 1. The van der Waals surface area contributed by atoms with Gasteiger partial charge in [0.05, 0.1) is 16.1 Å². The number of nitrogens with zero attached hydrogens (tertiary/aromatic N) is 1. The van der Waals surface area contributed by atoms with Gasteiger partial charge in [-0.15, -0.1) is 0 Å². The molecule has 24 heavy (non-hydrogen) atoms. The van der Waals surface area contributed by atoms with E-state index in [1.54, 1.807) is 0 Å². The maximum absolute atomic E-state index is 13.0. The van der Waals surface area contributed by atoms with Gasteiger partial charge < -0.3 is 9.88 Å². The zero-order chi connectivity index (χ0) is 16.8. The average Bonchev–Trinajstić information content (AvgIpc) is 2.96. The Labute approximate surface area is 153 Å². The van der Waals surface area contributed by atoms with Gasteiger partial charge in [0.25, 0.3) is 5.91 Å². The molecule has 0 bridgehead atoms. The molecule has 1 N–H and O–H groups in total. The number of benzene rings is 2. The lowest BCUT2D eigenvalue weighted by molar-refractivity contribution is 0.0734. The number of hydrogen-bond acceptors (Lipinski definition) is 1. The summed E-state index contributed by atoms with van der Waals surface area (Å²) in [5.41, 5.74) is 5.12. The van der Waals surface area contributed by atoms with E-state index in [0.29, 0.717) is 13.1 Å². The molecule has 0 atom stereocenters. The van der Waals surface area contributed by atoms with Crippen molar-refractivity contribution < 1.29 is 4.79 Å². The van der Waals surface area contributed by atoms with E-state index in [9.17, 15) is 4.79 Å². The summed E-state index contributed by atoms with van der Waals surface area (Å²) in [5, 5.41) is 1.83. The molecule has 0 saturated heterocycles. The molecular weight excluding hydrogens is 388 g/mol. The third-order valence-electron chi connectivity index (χ3n) is 4.67. The van der Waals surface area contributed by atoms with E-state index in [-0.39, 0.29) is 5.91 Å². The van der Waals surface area contributed by atoms with Crippen LogP contribution in [0, 0.1) is 6.92 Å². The molecule has 3 nitrogen and oxygen atoms in total. The first-order chi connectivity index (χ1) is 11.6. The van der Waals surface area contributed by atoms with Crippen molar-refractivity contribution in [1.82, 2.24) is 9.88 Å². The normalized spacial score (nSPS) is 14.0. The van der Waals surface area contributed by atoms with Crippen LogP contribution in [-0.4, -0.2) is 22.3 Å². The Bertz CT molecular complexity index is 963. The molecule has 3 aromatic rings. The molecule has 1 aromatic heterocycles. The zero-order valence-corrected chi connectivity index (χ0v) is 15.5. The van der Waals surface area contributed by atoms with Crippen LogP contribution in [0.1, 0.15) is 27.2 Å². The Morgan fingerprint density at radius 1 is 1.25 bits per heavy atom. The van der Waals surface area contributed by atoms with Crippen LogP contribution in [0.3, 0.4) is 0 Å². The Balaban J connectivity index is 1.71. The van der Waals surface area contributed by atoms with Gasteiger partial charge in [-0.1, -0.05) is 35.9 Å². The van der Waals surface area contributed by atoms with E-state index in [1.165, 1.54) is 11.3 Å². The SMILES string of the molecule is Cc1cccc(C(=O)N2CCc3[nH]c4c(Cl)cccc4c3C2)c1Br. The fourth-order valence-electron chi connectivity index (χ4n) is 3.36. The van der Waals surface area contributed by atoms with Gasteiger partial charge in [0, 0.05) is 40.6 Å². The number of fused-ring (bicyclic) bond motifs is 3. The number of aromatic amines is 1. The lowest BCUT2D eigenvalue weighted by atomic mass is 10.0. The number of H-pyrrole nitrogens is 1. The molecule has 0 spiro atoms. The fraction of sp³-hybridized carbons (Fsp3) is 0.211. The standard InChI is InChI=1S/C19H16BrClN2O/c1-11-4-2-6-13(17(11)20)19(24)23-9-8-16-14(10-23)12-5-3-7-15(21)18(12)22-16/h2-7,22H,8-10H2,1H3. The second-order valence-corrected chi connectivity index (χ2v) is 7.36. The number of para-hydroxylation sites is 1. The van der Waals surface area contributed by atoms with Crippen LogP contribution < -0.4 is 0 Å². The molecule has 0 aliphatic carbocycles. The summed E-state index contributed by atoms with van der Waals surface area (Å²) in [6, 6.07) is 11.7.